The maximum absolute atomic E-state index is 5.59. The van der Waals surface area contributed by atoms with Crippen molar-refractivity contribution in [2.45, 2.75) is 27.2 Å². The Morgan fingerprint density at radius 1 is 1.19 bits per heavy atom. The largest absolute Gasteiger partial charge is 0.492 e. The molecule has 1 aromatic rings. The normalized spacial score (nSPS) is 11.4. The topological polar surface area (TPSA) is 21.3 Å². The quantitative estimate of drug-likeness (QED) is 0.714. The van der Waals surface area contributed by atoms with Crippen LogP contribution in [-0.2, 0) is 0 Å². The van der Waals surface area contributed by atoms with Crippen LogP contribution in [-0.4, -0.2) is 19.7 Å². The third-order valence-electron chi connectivity index (χ3n) is 2.85. The summed E-state index contributed by atoms with van der Waals surface area (Å²) in [6.07, 6.45) is 1.19. The molecule has 0 aliphatic heterocycles. The van der Waals surface area contributed by atoms with Crippen LogP contribution in [0.3, 0.4) is 0 Å². The fourth-order valence-corrected chi connectivity index (χ4v) is 1.31. The highest BCUT2D eigenvalue weighted by molar-refractivity contribution is 5.20. The van der Waals surface area contributed by atoms with Gasteiger partial charge in [-0.15, -0.1) is 0 Å². The van der Waals surface area contributed by atoms with E-state index in [4.69, 9.17) is 4.74 Å². The van der Waals surface area contributed by atoms with Crippen LogP contribution in [0.4, 0.5) is 0 Å². The van der Waals surface area contributed by atoms with E-state index in [0.29, 0.717) is 5.41 Å². The van der Waals surface area contributed by atoms with Gasteiger partial charge in [0, 0.05) is 13.1 Å². The minimum absolute atomic E-state index is 0.382. The summed E-state index contributed by atoms with van der Waals surface area (Å²) in [6.45, 7) is 9.45. The zero-order valence-corrected chi connectivity index (χ0v) is 10.6. The van der Waals surface area contributed by atoms with E-state index < -0.39 is 0 Å². The zero-order chi connectivity index (χ0) is 11.9. The molecule has 1 rings (SSSR count). The van der Waals surface area contributed by atoms with Gasteiger partial charge < -0.3 is 10.1 Å². The van der Waals surface area contributed by atoms with Crippen molar-refractivity contribution < 1.29 is 4.74 Å². The van der Waals surface area contributed by atoms with E-state index in [0.717, 1.165) is 25.4 Å². The first-order valence-electron chi connectivity index (χ1n) is 6.02. The average molecular weight is 221 g/mol. The molecule has 0 aromatic heterocycles. The summed E-state index contributed by atoms with van der Waals surface area (Å²) >= 11 is 0. The Labute approximate surface area is 99.0 Å². The summed E-state index contributed by atoms with van der Waals surface area (Å²) in [7, 11) is 0. The molecular weight excluding hydrogens is 198 g/mol. The predicted molar refractivity (Wildman–Crippen MR) is 68.9 cm³/mol. The van der Waals surface area contributed by atoms with Gasteiger partial charge >= 0.3 is 0 Å². The van der Waals surface area contributed by atoms with Crippen molar-refractivity contribution in [1.82, 2.24) is 5.32 Å². The van der Waals surface area contributed by atoms with Crippen LogP contribution in [0, 0.1) is 5.41 Å². The van der Waals surface area contributed by atoms with Crippen LogP contribution in [0.2, 0.25) is 0 Å². The smallest absolute Gasteiger partial charge is 0.119 e. The second-order valence-corrected chi connectivity index (χ2v) is 4.86. The lowest BCUT2D eigenvalue weighted by atomic mass is 9.90. The molecular formula is C14H23NO. The highest BCUT2D eigenvalue weighted by atomic mass is 16.5. The Morgan fingerprint density at radius 3 is 2.50 bits per heavy atom. The Bertz CT molecular complexity index is 282. The molecule has 0 aliphatic rings. The third-order valence-corrected chi connectivity index (χ3v) is 2.85. The highest BCUT2D eigenvalue weighted by Crippen LogP contribution is 2.17. The number of hydrogen-bond donors (Lipinski definition) is 1. The minimum atomic E-state index is 0.382. The van der Waals surface area contributed by atoms with Gasteiger partial charge in [0.25, 0.3) is 0 Å². The lowest BCUT2D eigenvalue weighted by Crippen LogP contribution is -2.31. The second-order valence-electron chi connectivity index (χ2n) is 4.86. The molecule has 0 saturated carbocycles. The molecule has 0 atom stereocenters. The maximum Gasteiger partial charge on any atom is 0.119 e. The molecule has 0 fully saturated rings. The maximum atomic E-state index is 5.59. The van der Waals surface area contributed by atoms with Gasteiger partial charge in [0.05, 0.1) is 0 Å². The summed E-state index contributed by atoms with van der Waals surface area (Å²) in [5, 5.41) is 3.42. The van der Waals surface area contributed by atoms with E-state index in [9.17, 15) is 0 Å². The van der Waals surface area contributed by atoms with Crippen molar-refractivity contribution in [3.05, 3.63) is 30.3 Å². The number of nitrogens with one attached hydrogen (secondary N) is 1. The minimum Gasteiger partial charge on any atom is -0.492 e. The van der Waals surface area contributed by atoms with E-state index in [-0.39, 0.29) is 0 Å². The van der Waals surface area contributed by atoms with Crippen LogP contribution in [0.25, 0.3) is 0 Å². The van der Waals surface area contributed by atoms with E-state index in [1.807, 2.05) is 30.3 Å². The molecule has 0 radical (unpaired) electrons. The SMILES string of the molecule is CCC(C)(C)CNCCOc1ccccc1. The summed E-state index contributed by atoms with van der Waals surface area (Å²) in [5.41, 5.74) is 0.382. The van der Waals surface area contributed by atoms with Crippen molar-refractivity contribution in [2.75, 3.05) is 19.7 Å². The summed E-state index contributed by atoms with van der Waals surface area (Å²) in [6, 6.07) is 9.94. The van der Waals surface area contributed by atoms with Gasteiger partial charge in [0.15, 0.2) is 0 Å². The van der Waals surface area contributed by atoms with Crippen molar-refractivity contribution in [1.29, 1.82) is 0 Å². The predicted octanol–water partition coefficient (Wildman–Crippen LogP) is 3.09. The number of para-hydroxylation sites is 1. The summed E-state index contributed by atoms with van der Waals surface area (Å²) < 4.78 is 5.59. The summed E-state index contributed by atoms with van der Waals surface area (Å²) in [4.78, 5) is 0. The lowest BCUT2D eigenvalue weighted by Gasteiger charge is -2.22. The molecule has 16 heavy (non-hydrogen) atoms. The molecule has 90 valence electrons. The third kappa shape index (κ3) is 5.17. The molecule has 0 spiro atoms. The van der Waals surface area contributed by atoms with Crippen LogP contribution < -0.4 is 10.1 Å². The Hall–Kier alpha value is -1.02. The molecule has 0 heterocycles. The van der Waals surface area contributed by atoms with Crippen molar-refractivity contribution in [3.63, 3.8) is 0 Å². The van der Waals surface area contributed by atoms with Crippen LogP contribution in [0.5, 0.6) is 5.75 Å². The van der Waals surface area contributed by atoms with Crippen LogP contribution in [0.15, 0.2) is 30.3 Å². The first-order chi connectivity index (χ1) is 7.64. The molecule has 2 nitrogen and oxygen atoms in total. The first kappa shape index (κ1) is 13.0. The van der Waals surface area contributed by atoms with E-state index >= 15 is 0 Å². The average Bonchev–Trinajstić information content (AvgIpc) is 2.30. The highest BCUT2D eigenvalue weighted by Gasteiger charge is 2.13. The molecule has 0 bridgehead atoms. The number of rotatable bonds is 7. The monoisotopic (exact) mass is 221 g/mol. The van der Waals surface area contributed by atoms with Gasteiger partial charge in [-0.3, -0.25) is 0 Å². The fourth-order valence-electron chi connectivity index (χ4n) is 1.31. The van der Waals surface area contributed by atoms with E-state index in [1.165, 1.54) is 6.42 Å². The van der Waals surface area contributed by atoms with Crippen molar-refractivity contribution in [3.8, 4) is 5.75 Å². The van der Waals surface area contributed by atoms with Crippen LogP contribution >= 0.6 is 0 Å². The summed E-state index contributed by atoms with van der Waals surface area (Å²) in [5.74, 6) is 0.944. The molecule has 0 amide bonds. The zero-order valence-electron chi connectivity index (χ0n) is 10.6. The van der Waals surface area contributed by atoms with Gasteiger partial charge in [-0.2, -0.15) is 0 Å². The van der Waals surface area contributed by atoms with Crippen molar-refractivity contribution >= 4 is 0 Å². The first-order valence-corrected chi connectivity index (χ1v) is 6.02. The van der Waals surface area contributed by atoms with Gasteiger partial charge in [0.1, 0.15) is 12.4 Å². The lowest BCUT2D eigenvalue weighted by molar-refractivity contribution is 0.284. The van der Waals surface area contributed by atoms with E-state index in [2.05, 4.69) is 26.1 Å². The number of benzene rings is 1. The number of hydrogen-bond acceptors (Lipinski definition) is 2. The molecule has 1 aromatic carbocycles. The Balaban J connectivity index is 2.09. The molecule has 0 unspecified atom stereocenters. The Kier molecular flexibility index (Phi) is 5.33. The van der Waals surface area contributed by atoms with Crippen molar-refractivity contribution in [2.24, 2.45) is 5.41 Å². The molecule has 1 N–H and O–H groups in total. The van der Waals surface area contributed by atoms with Crippen LogP contribution in [0.1, 0.15) is 27.2 Å². The molecule has 0 saturated heterocycles. The number of ether oxygens (including phenoxy) is 1. The Morgan fingerprint density at radius 2 is 1.88 bits per heavy atom. The standard InChI is InChI=1S/C14H23NO/c1-4-14(2,3)12-15-10-11-16-13-8-6-5-7-9-13/h5-9,15H,4,10-12H2,1-3H3. The molecule has 0 aliphatic carbocycles. The van der Waals surface area contributed by atoms with Gasteiger partial charge in [-0.25, -0.2) is 0 Å². The van der Waals surface area contributed by atoms with Gasteiger partial charge in [-0.05, 0) is 24.0 Å². The van der Waals surface area contributed by atoms with Gasteiger partial charge in [0.2, 0.25) is 0 Å². The van der Waals surface area contributed by atoms with E-state index in [1.54, 1.807) is 0 Å². The molecule has 2 heteroatoms. The second kappa shape index (κ2) is 6.54. The van der Waals surface area contributed by atoms with Gasteiger partial charge in [-0.1, -0.05) is 39.0 Å². The fraction of sp³-hybridized carbons (Fsp3) is 0.571.